The molecule has 0 radical (unpaired) electrons. The van der Waals surface area contributed by atoms with E-state index < -0.39 is 34.1 Å². The summed E-state index contributed by atoms with van der Waals surface area (Å²) >= 11 is 0. The van der Waals surface area contributed by atoms with E-state index in [2.05, 4.69) is 4.74 Å². The Morgan fingerprint density at radius 2 is 1.83 bits per heavy atom. The molecule has 11 heteroatoms. The van der Waals surface area contributed by atoms with Gasteiger partial charge >= 0.3 is 12.3 Å². The summed E-state index contributed by atoms with van der Waals surface area (Å²) in [5, 5.41) is 0. The van der Waals surface area contributed by atoms with Crippen molar-refractivity contribution in [3.05, 3.63) is 24.3 Å². The molecule has 0 aliphatic carbocycles. The molecule has 0 N–H and O–H groups in total. The van der Waals surface area contributed by atoms with Gasteiger partial charge in [-0.3, -0.25) is 4.79 Å². The number of rotatable bonds is 8. The molecular formula is C18H24F3NO6S. The molecule has 2 atom stereocenters. The molecule has 2 rings (SSSR count). The van der Waals surface area contributed by atoms with E-state index in [-0.39, 0.29) is 43.5 Å². The number of esters is 1. The lowest BCUT2D eigenvalue weighted by atomic mass is 9.93. The lowest BCUT2D eigenvalue weighted by Gasteiger charge is -2.37. The number of sulfonamides is 1. The summed E-state index contributed by atoms with van der Waals surface area (Å²) < 4.78 is 78.4. The highest BCUT2D eigenvalue weighted by Gasteiger charge is 2.39. The van der Waals surface area contributed by atoms with E-state index in [1.807, 2.05) is 0 Å². The van der Waals surface area contributed by atoms with E-state index >= 15 is 0 Å². The molecule has 1 unspecified atom stereocenters. The van der Waals surface area contributed by atoms with Crippen LogP contribution in [0.3, 0.4) is 0 Å². The highest BCUT2D eigenvalue weighted by Crippen LogP contribution is 2.31. The van der Waals surface area contributed by atoms with E-state index in [4.69, 9.17) is 9.47 Å². The smallest absolute Gasteiger partial charge is 0.466 e. The fraction of sp³-hybridized carbons (Fsp3) is 0.611. The maximum Gasteiger partial charge on any atom is 0.573 e. The quantitative estimate of drug-likeness (QED) is 0.580. The van der Waals surface area contributed by atoms with Crippen molar-refractivity contribution in [2.45, 2.75) is 44.0 Å². The molecule has 7 nitrogen and oxygen atoms in total. The van der Waals surface area contributed by atoms with Gasteiger partial charge in [0, 0.05) is 19.2 Å². The van der Waals surface area contributed by atoms with E-state index in [1.54, 1.807) is 13.8 Å². The van der Waals surface area contributed by atoms with Crippen LogP contribution in [0.25, 0.3) is 0 Å². The maximum absolute atomic E-state index is 13.1. The second-order valence-corrected chi connectivity index (χ2v) is 8.31. The molecule has 0 bridgehead atoms. The average molecular weight is 439 g/mol. The van der Waals surface area contributed by atoms with E-state index in [1.165, 1.54) is 4.31 Å². The van der Waals surface area contributed by atoms with Crippen LogP contribution in [0, 0.1) is 5.92 Å². The number of ether oxygens (including phenoxy) is 3. The van der Waals surface area contributed by atoms with Crippen molar-refractivity contribution in [3.8, 4) is 5.75 Å². The SMILES string of the molecule is CCOC[C@H]1CC(C(=O)OCC)CCN1S(=O)(=O)c1ccc(OC(F)(F)F)cc1. The van der Waals surface area contributed by atoms with Crippen LogP contribution in [-0.2, 0) is 24.3 Å². The molecule has 0 spiro atoms. The Hall–Kier alpha value is -1.85. The summed E-state index contributed by atoms with van der Waals surface area (Å²) in [7, 11) is -4.00. The summed E-state index contributed by atoms with van der Waals surface area (Å²) in [6.07, 6.45) is -4.33. The van der Waals surface area contributed by atoms with Gasteiger partial charge in [0.15, 0.2) is 0 Å². The van der Waals surface area contributed by atoms with Gasteiger partial charge in [0.1, 0.15) is 5.75 Å². The minimum Gasteiger partial charge on any atom is -0.466 e. The van der Waals surface area contributed by atoms with Crippen molar-refractivity contribution in [1.82, 2.24) is 4.31 Å². The van der Waals surface area contributed by atoms with Crippen LogP contribution in [-0.4, -0.2) is 57.5 Å². The van der Waals surface area contributed by atoms with Crippen LogP contribution in [0.2, 0.25) is 0 Å². The topological polar surface area (TPSA) is 82.1 Å². The minimum atomic E-state index is -4.86. The van der Waals surface area contributed by atoms with Gasteiger partial charge in [0.25, 0.3) is 0 Å². The number of hydrogen-bond acceptors (Lipinski definition) is 6. The Kier molecular flexibility index (Phi) is 7.89. The molecule has 1 heterocycles. The van der Waals surface area contributed by atoms with Crippen LogP contribution in [0.1, 0.15) is 26.7 Å². The second kappa shape index (κ2) is 9.77. The molecule has 1 saturated heterocycles. The summed E-state index contributed by atoms with van der Waals surface area (Å²) in [5.74, 6) is -1.32. The Labute approximate surface area is 167 Å². The fourth-order valence-electron chi connectivity index (χ4n) is 3.17. The molecule has 1 aromatic rings. The zero-order chi connectivity index (χ0) is 21.7. The summed E-state index contributed by atoms with van der Waals surface area (Å²) in [5.41, 5.74) is 0. The predicted molar refractivity (Wildman–Crippen MR) is 96.7 cm³/mol. The molecule has 1 aromatic carbocycles. The third kappa shape index (κ3) is 6.31. The van der Waals surface area contributed by atoms with Gasteiger partial charge in [-0.05, 0) is 51.0 Å². The number of hydrogen-bond donors (Lipinski definition) is 0. The monoisotopic (exact) mass is 439 g/mol. The van der Waals surface area contributed by atoms with E-state index in [0.717, 1.165) is 24.3 Å². The first-order valence-electron chi connectivity index (χ1n) is 9.20. The first-order valence-corrected chi connectivity index (χ1v) is 10.6. The predicted octanol–water partition coefficient (Wildman–Crippen LogP) is 2.95. The molecule has 164 valence electrons. The van der Waals surface area contributed by atoms with Crippen molar-refractivity contribution < 1.29 is 40.6 Å². The minimum absolute atomic E-state index is 0.0738. The molecule has 0 amide bonds. The number of alkyl halides is 3. The highest BCUT2D eigenvalue weighted by atomic mass is 32.2. The molecule has 29 heavy (non-hydrogen) atoms. The van der Waals surface area contributed by atoms with Crippen LogP contribution in [0.5, 0.6) is 5.75 Å². The van der Waals surface area contributed by atoms with Gasteiger partial charge in [-0.1, -0.05) is 0 Å². The van der Waals surface area contributed by atoms with Crippen molar-refractivity contribution in [1.29, 1.82) is 0 Å². The van der Waals surface area contributed by atoms with Crippen molar-refractivity contribution >= 4 is 16.0 Å². The maximum atomic E-state index is 13.1. The first-order chi connectivity index (χ1) is 13.6. The number of carbonyl (C=O) groups is 1. The number of piperidine rings is 1. The van der Waals surface area contributed by atoms with Gasteiger partial charge in [-0.2, -0.15) is 4.31 Å². The molecule has 1 aliphatic heterocycles. The van der Waals surface area contributed by atoms with Crippen LogP contribution in [0.15, 0.2) is 29.2 Å². The Morgan fingerprint density at radius 3 is 2.38 bits per heavy atom. The summed E-state index contributed by atoms with van der Waals surface area (Å²) in [6, 6.07) is 3.43. The molecule has 0 aromatic heterocycles. The third-order valence-corrected chi connectivity index (χ3v) is 6.43. The Balaban J connectivity index is 2.21. The molecule has 1 fully saturated rings. The zero-order valence-electron chi connectivity index (χ0n) is 16.1. The van der Waals surface area contributed by atoms with Crippen LogP contribution >= 0.6 is 0 Å². The van der Waals surface area contributed by atoms with E-state index in [9.17, 15) is 26.4 Å². The first kappa shape index (κ1) is 23.4. The molecule has 0 saturated carbocycles. The number of nitrogens with zero attached hydrogens (tertiary/aromatic N) is 1. The van der Waals surface area contributed by atoms with Crippen LogP contribution < -0.4 is 4.74 Å². The Morgan fingerprint density at radius 1 is 1.17 bits per heavy atom. The van der Waals surface area contributed by atoms with Crippen molar-refractivity contribution in [2.75, 3.05) is 26.4 Å². The van der Waals surface area contributed by atoms with Gasteiger partial charge in [0.2, 0.25) is 10.0 Å². The Bertz CT molecular complexity index is 782. The van der Waals surface area contributed by atoms with Crippen molar-refractivity contribution in [3.63, 3.8) is 0 Å². The molecule has 1 aliphatic rings. The number of benzene rings is 1. The van der Waals surface area contributed by atoms with Gasteiger partial charge in [-0.15, -0.1) is 13.2 Å². The molecular weight excluding hydrogens is 415 g/mol. The van der Waals surface area contributed by atoms with Crippen LogP contribution in [0.4, 0.5) is 13.2 Å². The highest BCUT2D eigenvalue weighted by molar-refractivity contribution is 7.89. The van der Waals surface area contributed by atoms with E-state index in [0.29, 0.717) is 6.61 Å². The number of halogens is 3. The average Bonchev–Trinajstić information content (AvgIpc) is 2.65. The summed E-state index contributed by atoms with van der Waals surface area (Å²) in [6.45, 7) is 4.24. The van der Waals surface area contributed by atoms with Gasteiger partial charge in [-0.25, -0.2) is 8.42 Å². The zero-order valence-corrected chi connectivity index (χ0v) is 17.0. The van der Waals surface area contributed by atoms with Gasteiger partial charge in [0.05, 0.1) is 24.0 Å². The second-order valence-electron chi connectivity index (χ2n) is 6.42. The largest absolute Gasteiger partial charge is 0.573 e. The summed E-state index contributed by atoms with van der Waals surface area (Å²) in [4.78, 5) is 11.9. The lowest BCUT2D eigenvalue weighted by molar-refractivity contribution is -0.274. The standard InChI is InChI=1S/C18H24F3NO6S/c1-3-26-12-14-11-13(17(23)27-4-2)9-10-22(14)29(24,25)16-7-5-15(6-8-16)28-18(19,20)21/h5-8,13-14H,3-4,9-12H2,1-2H3/t13?,14-/m1/s1. The van der Waals surface area contributed by atoms with Gasteiger partial charge < -0.3 is 14.2 Å². The normalized spacial score (nSPS) is 21.0. The lowest BCUT2D eigenvalue weighted by Crippen LogP contribution is -2.49. The number of carbonyl (C=O) groups excluding carboxylic acids is 1. The van der Waals surface area contributed by atoms with Crippen molar-refractivity contribution in [2.24, 2.45) is 5.92 Å². The fourth-order valence-corrected chi connectivity index (χ4v) is 4.81. The third-order valence-electron chi connectivity index (χ3n) is 4.46.